The lowest BCUT2D eigenvalue weighted by atomic mass is 10.1. The molecule has 0 aromatic heterocycles. The van der Waals surface area contributed by atoms with Crippen LogP contribution in [0.1, 0.15) is 24.0 Å². The first-order chi connectivity index (χ1) is 11.6. The fraction of sp³-hybridized carbons (Fsp3) is 0.263. The van der Waals surface area contributed by atoms with E-state index in [4.69, 9.17) is 11.6 Å². The Hall–Kier alpha value is -2.33. The summed E-state index contributed by atoms with van der Waals surface area (Å²) in [5, 5.41) is 3.53. The van der Waals surface area contributed by atoms with Crippen LogP contribution >= 0.6 is 11.6 Å². The van der Waals surface area contributed by atoms with E-state index in [1.165, 1.54) is 0 Å². The number of hydrogen-bond acceptors (Lipinski definition) is 2. The SMILES string of the molecule is O=C(CN1C(=O)CCCc2ccccc21)NCc1ccc(Cl)cc1. The lowest BCUT2D eigenvalue weighted by Crippen LogP contribution is -2.40. The molecule has 0 aliphatic carbocycles. The fourth-order valence-electron chi connectivity index (χ4n) is 2.86. The van der Waals surface area contributed by atoms with Gasteiger partial charge >= 0.3 is 0 Å². The average molecular weight is 343 g/mol. The number of benzene rings is 2. The fourth-order valence-corrected chi connectivity index (χ4v) is 2.99. The Morgan fingerprint density at radius 2 is 1.83 bits per heavy atom. The molecule has 0 unspecified atom stereocenters. The summed E-state index contributed by atoms with van der Waals surface area (Å²) in [4.78, 5) is 26.2. The zero-order chi connectivity index (χ0) is 16.9. The second-order valence-electron chi connectivity index (χ2n) is 5.87. The summed E-state index contributed by atoms with van der Waals surface area (Å²) in [6, 6.07) is 15.1. The molecule has 1 aliphatic rings. The van der Waals surface area contributed by atoms with Crippen molar-refractivity contribution in [3.63, 3.8) is 0 Å². The van der Waals surface area contributed by atoms with Gasteiger partial charge < -0.3 is 10.2 Å². The summed E-state index contributed by atoms with van der Waals surface area (Å²) < 4.78 is 0. The summed E-state index contributed by atoms with van der Waals surface area (Å²) in [7, 11) is 0. The molecular formula is C19H19ClN2O2. The third-order valence-corrected chi connectivity index (χ3v) is 4.38. The Morgan fingerprint density at radius 1 is 1.08 bits per heavy atom. The highest BCUT2D eigenvalue weighted by Crippen LogP contribution is 2.26. The number of hydrogen-bond donors (Lipinski definition) is 1. The lowest BCUT2D eigenvalue weighted by molar-refractivity contribution is -0.123. The van der Waals surface area contributed by atoms with Gasteiger partial charge in [0, 0.05) is 23.7 Å². The van der Waals surface area contributed by atoms with Gasteiger partial charge in [-0.15, -0.1) is 0 Å². The first kappa shape index (κ1) is 16.5. The maximum atomic E-state index is 12.4. The van der Waals surface area contributed by atoms with Crippen molar-refractivity contribution < 1.29 is 9.59 Å². The number of anilines is 1. The minimum atomic E-state index is -0.171. The van der Waals surface area contributed by atoms with E-state index in [0.717, 1.165) is 29.7 Å². The van der Waals surface area contributed by atoms with E-state index in [-0.39, 0.29) is 18.4 Å². The molecule has 5 heteroatoms. The molecule has 2 aromatic rings. The molecule has 124 valence electrons. The Morgan fingerprint density at radius 3 is 2.62 bits per heavy atom. The number of nitrogens with zero attached hydrogens (tertiary/aromatic N) is 1. The van der Waals surface area contributed by atoms with Crippen molar-refractivity contribution in [2.45, 2.75) is 25.8 Å². The number of carbonyl (C=O) groups excluding carboxylic acids is 2. The smallest absolute Gasteiger partial charge is 0.240 e. The molecule has 4 nitrogen and oxygen atoms in total. The van der Waals surface area contributed by atoms with Crippen LogP contribution in [-0.4, -0.2) is 18.4 Å². The number of fused-ring (bicyclic) bond motifs is 1. The lowest BCUT2D eigenvalue weighted by Gasteiger charge is -2.22. The van der Waals surface area contributed by atoms with Crippen molar-refractivity contribution in [1.29, 1.82) is 0 Å². The van der Waals surface area contributed by atoms with Crippen LogP contribution in [-0.2, 0) is 22.6 Å². The number of nitrogens with one attached hydrogen (secondary N) is 1. The number of para-hydroxylation sites is 1. The molecule has 1 heterocycles. The normalized spacial score (nSPS) is 14.0. The average Bonchev–Trinajstić information content (AvgIpc) is 2.74. The number of aryl methyl sites for hydroxylation is 1. The second kappa shape index (κ2) is 7.49. The predicted molar refractivity (Wildman–Crippen MR) is 95.0 cm³/mol. The van der Waals surface area contributed by atoms with Gasteiger partial charge in [0.2, 0.25) is 11.8 Å². The minimum Gasteiger partial charge on any atom is -0.350 e. The van der Waals surface area contributed by atoms with E-state index >= 15 is 0 Å². The summed E-state index contributed by atoms with van der Waals surface area (Å²) in [6.45, 7) is 0.461. The Kier molecular flexibility index (Phi) is 5.16. The van der Waals surface area contributed by atoms with Gasteiger partial charge in [0.25, 0.3) is 0 Å². The first-order valence-electron chi connectivity index (χ1n) is 8.03. The summed E-state index contributed by atoms with van der Waals surface area (Å²) in [6.07, 6.45) is 2.16. The van der Waals surface area contributed by atoms with Gasteiger partial charge in [0.1, 0.15) is 6.54 Å². The molecule has 2 aromatic carbocycles. The standard InChI is InChI=1S/C19H19ClN2O2/c20-16-10-8-14(9-11-16)12-21-18(23)13-22-17-6-2-1-4-15(17)5-3-7-19(22)24/h1-2,4,6,8-11H,3,5,7,12-13H2,(H,21,23). The molecule has 0 saturated carbocycles. The number of rotatable bonds is 4. The molecule has 0 saturated heterocycles. The molecule has 0 spiro atoms. The van der Waals surface area contributed by atoms with Crippen LogP contribution in [0.5, 0.6) is 0 Å². The first-order valence-corrected chi connectivity index (χ1v) is 8.41. The van der Waals surface area contributed by atoms with Gasteiger partial charge in [-0.25, -0.2) is 0 Å². The van der Waals surface area contributed by atoms with E-state index in [2.05, 4.69) is 5.32 Å². The summed E-state index contributed by atoms with van der Waals surface area (Å²) in [5.74, 6) is -0.170. The molecule has 0 radical (unpaired) electrons. The molecule has 1 N–H and O–H groups in total. The largest absolute Gasteiger partial charge is 0.350 e. The van der Waals surface area contributed by atoms with Gasteiger partial charge in [-0.1, -0.05) is 41.9 Å². The minimum absolute atomic E-state index is 0.00147. The molecule has 0 atom stereocenters. The van der Waals surface area contributed by atoms with Crippen LogP contribution in [0.25, 0.3) is 0 Å². The number of halogens is 1. The zero-order valence-corrected chi connectivity index (χ0v) is 14.1. The monoisotopic (exact) mass is 342 g/mol. The van der Waals surface area contributed by atoms with E-state index in [9.17, 15) is 9.59 Å². The molecular weight excluding hydrogens is 324 g/mol. The highest BCUT2D eigenvalue weighted by Gasteiger charge is 2.23. The van der Waals surface area contributed by atoms with Gasteiger partial charge in [-0.2, -0.15) is 0 Å². The van der Waals surface area contributed by atoms with Crippen LogP contribution in [0.15, 0.2) is 48.5 Å². The molecule has 1 aliphatic heterocycles. The Bertz CT molecular complexity index is 743. The third kappa shape index (κ3) is 3.95. The highest BCUT2D eigenvalue weighted by atomic mass is 35.5. The predicted octanol–water partition coefficient (Wildman–Crippen LogP) is 3.33. The van der Waals surface area contributed by atoms with Crippen molar-refractivity contribution in [2.75, 3.05) is 11.4 Å². The van der Waals surface area contributed by atoms with E-state index in [1.54, 1.807) is 17.0 Å². The van der Waals surface area contributed by atoms with Crippen LogP contribution in [0.4, 0.5) is 5.69 Å². The maximum Gasteiger partial charge on any atom is 0.240 e. The Labute approximate surface area is 146 Å². The molecule has 0 fully saturated rings. The van der Waals surface area contributed by atoms with E-state index in [0.29, 0.717) is 18.0 Å². The zero-order valence-electron chi connectivity index (χ0n) is 13.3. The second-order valence-corrected chi connectivity index (χ2v) is 6.30. The van der Waals surface area contributed by atoms with Crippen LogP contribution in [0.3, 0.4) is 0 Å². The highest BCUT2D eigenvalue weighted by molar-refractivity contribution is 6.30. The molecule has 2 amide bonds. The van der Waals surface area contributed by atoms with Gasteiger partial charge in [0.15, 0.2) is 0 Å². The van der Waals surface area contributed by atoms with Crippen LogP contribution < -0.4 is 10.2 Å². The Balaban J connectivity index is 1.66. The van der Waals surface area contributed by atoms with Crippen molar-refractivity contribution in [2.24, 2.45) is 0 Å². The topological polar surface area (TPSA) is 49.4 Å². The van der Waals surface area contributed by atoms with Gasteiger partial charge in [-0.3, -0.25) is 9.59 Å². The van der Waals surface area contributed by atoms with E-state index in [1.807, 2.05) is 36.4 Å². The summed E-state index contributed by atoms with van der Waals surface area (Å²) >= 11 is 5.85. The van der Waals surface area contributed by atoms with Gasteiger partial charge in [0.05, 0.1) is 0 Å². The number of carbonyl (C=O) groups is 2. The van der Waals surface area contributed by atoms with E-state index < -0.39 is 0 Å². The maximum absolute atomic E-state index is 12.4. The quantitative estimate of drug-likeness (QED) is 0.926. The molecule has 3 rings (SSSR count). The molecule has 24 heavy (non-hydrogen) atoms. The van der Waals surface area contributed by atoms with Crippen molar-refractivity contribution >= 4 is 29.1 Å². The number of amides is 2. The molecule has 0 bridgehead atoms. The van der Waals surface area contributed by atoms with Crippen molar-refractivity contribution in [3.05, 3.63) is 64.7 Å². The van der Waals surface area contributed by atoms with Crippen molar-refractivity contribution in [1.82, 2.24) is 5.32 Å². The van der Waals surface area contributed by atoms with Crippen LogP contribution in [0, 0.1) is 0 Å². The van der Waals surface area contributed by atoms with Gasteiger partial charge in [-0.05, 0) is 42.2 Å². The van der Waals surface area contributed by atoms with Crippen LogP contribution in [0.2, 0.25) is 5.02 Å². The summed E-state index contributed by atoms with van der Waals surface area (Å²) in [5.41, 5.74) is 2.94. The third-order valence-electron chi connectivity index (χ3n) is 4.12. The van der Waals surface area contributed by atoms with Crippen molar-refractivity contribution in [3.8, 4) is 0 Å².